The third kappa shape index (κ3) is 1.67. The largest absolute Gasteiger partial charge is 0.365 e. The van der Waals surface area contributed by atoms with Gasteiger partial charge in [0, 0.05) is 37.5 Å². The predicted molar refractivity (Wildman–Crippen MR) is 65.4 cm³/mol. The van der Waals surface area contributed by atoms with Gasteiger partial charge in [0.05, 0.1) is 11.0 Å². The normalized spacial score (nSPS) is 20.2. The molecule has 1 aromatic rings. The van der Waals surface area contributed by atoms with Gasteiger partial charge >= 0.3 is 0 Å². The van der Waals surface area contributed by atoms with Gasteiger partial charge in [0.25, 0.3) is 5.69 Å². The molecule has 90 valence electrons. The number of nitrogens with zero attached hydrogens (tertiary/aromatic N) is 3. The van der Waals surface area contributed by atoms with Crippen LogP contribution in [-0.4, -0.2) is 42.5 Å². The van der Waals surface area contributed by atoms with Gasteiger partial charge in [-0.2, -0.15) is 0 Å². The lowest BCUT2D eigenvalue weighted by Crippen LogP contribution is -2.57. The van der Waals surface area contributed by atoms with Crippen LogP contribution in [-0.2, 0) is 6.42 Å². The van der Waals surface area contributed by atoms with Gasteiger partial charge in [-0.05, 0) is 19.0 Å². The average molecular weight is 233 g/mol. The van der Waals surface area contributed by atoms with Crippen molar-refractivity contribution in [2.24, 2.45) is 0 Å². The first-order valence-electron chi connectivity index (χ1n) is 5.87. The lowest BCUT2D eigenvalue weighted by atomic mass is 10.1. The number of likely N-dealkylation sites (N-methyl/N-ethyl adjacent to an activating group) is 1. The molecule has 1 saturated heterocycles. The van der Waals surface area contributed by atoms with E-state index < -0.39 is 0 Å². The summed E-state index contributed by atoms with van der Waals surface area (Å²) in [6, 6.07) is 5.76. The number of hydrogen-bond donors (Lipinski definition) is 0. The van der Waals surface area contributed by atoms with Crippen molar-refractivity contribution < 1.29 is 4.92 Å². The maximum atomic E-state index is 10.8. The van der Waals surface area contributed by atoms with Crippen LogP contribution >= 0.6 is 0 Å². The summed E-state index contributed by atoms with van der Waals surface area (Å²) in [5, 5.41) is 10.8. The van der Waals surface area contributed by atoms with E-state index in [9.17, 15) is 10.1 Å². The molecule has 0 N–H and O–H groups in total. The number of rotatable bonds is 2. The molecular formula is C12H15N3O2. The van der Waals surface area contributed by atoms with Crippen molar-refractivity contribution >= 4 is 11.4 Å². The summed E-state index contributed by atoms with van der Waals surface area (Å²) in [4.78, 5) is 15.1. The minimum atomic E-state index is -0.316. The van der Waals surface area contributed by atoms with Crippen LogP contribution in [0.25, 0.3) is 0 Å². The van der Waals surface area contributed by atoms with E-state index >= 15 is 0 Å². The highest BCUT2D eigenvalue weighted by atomic mass is 16.6. The summed E-state index contributed by atoms with van der Waals surface area (Å²) < 4.78 is 0. The van der Waals surface area contributed by atoms with Crippen molar-refractivity contribution in [3.05, 3.63) is 33.9 Å². The molecule has 1 fully saturated rings. The summed E-state index contributed by atoms with van der Waals surface area (Å²) in [5.41, 5.74) is 2.51. The molecule has 0 aliphatic carbocycles. The van der Waals surface area contributed by atoms with Crippen molar-refractivity contribution in [1.82, 2.24) is 4.90 Å². The molecule has 5 heteroatoms. The van der Waals surface area contributed by atoms with E-state index in [-0.39, 0.29) is 10.6 Å². The monoisotopic (exact) mass is 233 g/mol. The first-order chi connectivity index (χ1) is 8.15. The highest BCUT2D eigenvalue weighted by Gasteiger charge is 2.33. The quantitative estimate of drug-likeness (QED) is 0.570. The Balaban J connectivity index is 1.89. The van der Waals surface area contributed by atoms with Crippen molar-refractivity contribution in [3.8, 4) is 0 Å². The van der Waals surface area contributed by atoms with E-state index in [1.54, 1.807) is 12.1 Å². The maximum Gasteiger partial charge on any atom is 0.271 e. The number of nitro benzene ring substituents is 1. The van der Waals surface area contributed by atoms with Crippen molar-refractivity contribution in [1.29, 1.82) is 0 Å². The zero-order valence-electron chi connectivity index (χ0n) is 9.80. The van der Waals surface area contributed by atoms with Crippen LogP contribution in [0.15, 0.2) is 18.2 Å². The molecule has 0 unspecified atom stereocenters. The van der Waals surface area contributed by atoms with Crippen LogP contribution in [0.1, 0.15) is 5.56 Å². The minimum absolute atomic E-state index is 0.198. The SMILES string of the molecule is CN1CC(N2CCc3ccc([N+](=O)[O-])cc32)C1. The Labute approximate surface area is 99.8 Å². The topological polar surface area (TPSA) is 49.6 Å². The van der Waals surface area contributed by atoms with Crippen LogP contribution in [0.3, 0.4) is 0 Å². The molecule has 2 aliphatic heterocycles. The first-order valence-corrected chi connectivity index (χ1v) is 5.87. The van der Waals surface area contributed by atoms with Gasteiger partial charge in [0.15, 0.2) is 0 Å². The highest BCUT2D eigenvalue weighted by Crippen LogP contribution is 2.34. The molecule has 17 heavy (non-hydrogen) atoms. The number of anilines is 1. The molecule has 0 amide bonds. The maximum absolute atomic E-state index is 10.8. The molecule has 0 aromatic heterocycles. The second-order valence-electron chi connectivity index (χ2n) is 4.89. The molecule has 2 heterocycles. The third-order valence-electron chi connectivity index (χ3n) is 3.70. The molecule has 3 rings (SSSR count). The molecular weight excluding hydrogens is 218 g/mol. The number of fused-ring (bicyclic) bond motifs is 1. The summed E-state index contributed by atoms with van der Waals surface area (Å²) in [5.74, 6) is 0. The smallest absolute Gasteiger partial charge is 0.271 e. The van der Waals surface area contributed by atoms with Crippen LogP contribution in [0, 0.1) is 10.1 Å². The second kappa shape index (κ2) is 3.70. The van der Waals surface area contributed by atoms with E-state index in [1.165, 1.54) is 5.56 Å². The Bertz CT molecular complexity index is 469. The minimum Gasteiger partial charge on any atom is -0.365 e. The zero-order valence-corrected chi connectivity index (χ0v) is 9.80. The molecule has 2 aliphatic rings. The fraction of sp³-hybridized carbons (Fsp3) is 0.500. The summed E-state index contributed by atoms with van der Waals surface area (Å²) in [6.07, 6.45) is 1.01. The first kappa shape index (κ1) is 10.5. The van der Waals surface area contributed by atoms with Gasteiger partial charge in [-0.25, -0.2) is 0 Å². The molecule has 1 aromatic carbocycles. The van der Waals surface area contributed by atoms with Crippen LogP contribution in [0.4, 0.5) is 11.4 Å². The highest BCUT2D eigenvalue weighted by molar-refractivity contribution is 5.63. The number of benzene rings is 1. The van der Waals surface area contributed by atoms with Crippen LogP contribution in [0.5, 0.6) is 0 Å². The van der Waals surface area contributed by atoms with E-state index in [1.807, 2.05) is 6.07 Å². The zero-order chi connectivity index (χ0) is 12.0. The van der Waals surface area contributed by atoms with E-state index in [0.29, 0.717) is 6.04 Å². The van der Waals surface area contributed by atoms with Gasteiger partial charge in [-0.1, -0.05) is 6.07 Å². The molecule has 5 nitrogen and oxygen atoms in total. The Morgan fingerprint density at radius 2 is 2.18 bits per heavy atom. The van der Waals surface area contributed by atoms with Gasteiger partial charge in [-0.3, -0.25) is 10.1 Å². The summed E-state index contributed by atoms with van der Waals surface area (Å²) in [6.45, 7) is 3.11. The molecule has 0 saturated carbocycles. The summed E-state index contributed by atoms with van der Waals surface area (Å²) >= 11 is 0. The van der Waals surface area contributed by atoms with Gasteiger partial charge < -0.3 is 9.80 Å². The Morgan fingerprint density at radius 1 is 1.41 bits per heavy atom. The average Bonchev–Trinajstić information content (AvgIpc) is 2.67. The molecule has 0 radical (unpaired) electrons. The number of non-ortho nitro benzene ring substituents is 1. The number of nitro groups is 1. The number of hydrogen-bond acceptors (Lipinski definition) is 4. The van der Waals surface area contributed by atoms with Crippen molar-refractivity contribution in [3.63, 3.8) is 0 Å². The molecule has 0 spiro atoms. The molecule has 0 atom stereocenters. The summed E-state index contributed by atoms with van der Waals surface area (Å²) in [7, 11) is 2.10. The van der Waals surface area contributed by atoms with Crippen molar-refractivity contribution in [2.75, 3.05) is 31.6 Å². The number of likely N-dealkylation sites (tertiary alicyclic amines) is 1. The fourth-order valence-corrected chi connectivity index (χ4v) is 2.75. The fourth-order valence-electron chi connectivity index (χ4n) is 2.75. The molecule has 0 bridgehead atoms. The van der Waals surface area contributed by atoms with E-state index in [4.69, 9.17) is 0 Å². The Kier molecular flexibility index (Phi) is 2.29. The van der Waals surface area contributed by atoms with Crippen LogP contribution in [0.2, 0.25) is 0 Å². The van der Waals surface area contributed by atoms with Crippen molar-refractivity contribution in [2.45, 2.75) is 12.5 Å². The van der Waals surface area contributed by atoms with Gasteiger partial charge in [0.1, 0.15) is 0 Å². The lowest BCUT2D eigenvalue weighted by molar-refractivity contribution is -0.384. The van der Waals surface area contributed by atoms with Gasteiger partial charge in [-0.15, -0.1) is 0 Å². The van der Waals surface area contributed by atoms with Crippen LogP contribution < -0.4 is 4.90 Å². The second-order valence-corrected chi connectivity index (χ2v) is 4.89. The van der Waals surface area contributed by atoms with Gasteiger partial charge in [0.2, 0.25) is 0 Å². The Morgan fingerprint density at radius 3 is 2.82 bits per heavy atom. The Hall–Kier alpha value is -1.62. The lowest BCUT2D eigenvalue weighted by Gasteiger charge is -2.43. The van der Waals surface area contributed by atoms with E-state index in [0.717, 1.165) is 31.7 Å². The standard InChI is InChI=1S/C12H15N3O2/c1-13-7-11(8-13)14-5-4-9-2-3-10(15(16)17)6-12(9)14/h2-3,6,11H,4-5,7-8H2,1H3. The predicted octanol–water partition coefficient (Wildman–Crippen LogP) is 1.27. The third-order valence-corrected chi connectivity index (χ3v) is 3.70. The van der Waals surface area contributed by atoms with E-state index in [2.05, 4.69) is 16.8 Å².